The fourth-order valence-corrected chi connectivity index (χ4v) is 5.20. The molecule has 1 amide bonds. The summed E-state index contributed by atoms with van der Waals surface area (Å²) in [6.45, 7) is 8.33. The van der Waals surface area contributed by atoms with Crippen LogP contribution in [0.25, 0.3) is 0 Å². The van der Waals surface area contributed by atoms with E-state index >= 15 is 0 Å². The highest BCUT2D eigenvalue weighted by Crippen LogP contribution is 2.37. The molecule has 7 heteroatoms. The monoisotopic (exact) mass is 439 g/mol. The van der Waals surface area contributed by atoms with Crippen LogP contribution >= 0.6 is 11.6 Å². The van der Waals surface area contributed by atoms with Crippen LogP contribution in [-0.2, 0) is 11.2 Å². The van der Waals surface area contributed by atoms with Crippen LogP contribution in [0.5, 0.6) is 0 Å². The maximum atomic E-state index is 13.6. The van der Waals surface area contributed by atoms with E-state index < -0.39 is 0 Å². The van der Waals surface area contributed by atoms with Gasteiger partial charge >= 0.3 is 0 Å². The Morgan fingerprint density at radius 1 is 1.10 bits per heavy atom. The Labute approximate surface area is 189 Å². The number of piperazine rings is 1. The lowest BCUT2D eigenvalue weighted by atomic mass is 9.95. The quantitative estimate of drug-likeness (QED) is 0.715. The zero-order valence-electron chi connectivity index (χ0n) is 18.1. The van der Waals surface area contributed by atoms with Crippen LogP contribution in [0.4, 0.5) is 5.82 Å². The Morgan fingerprint density at radius 3 is 2.52 bits per heavy atom. The third kappa shape index (κ3) is 4.15. The van der Waals surface area contributed by atoms with Gasteiger partial charge in [0, 0.05) is 49.0 Å². The van der Waals surface area contributed by atoms with Crippen molar-refractivity contribution < 1.29 is 4.79 Å². The number of aromatic nitrogens is 2. The first-order chi connectivity index (χ1) is 15.1. The summed E-state index contributed by atoms with van der Waals surface area (Å²) in [5, 5.41) is 0.708. The number of likely N-dealkylation sites (tertiary alicyclic amines) is 1. The molecular formula is C24H30ClN5O. The number of halogens is 1. The lowest BCUT2D eigenvalue weighted by Gasteiger charge is -2.39. The fourth-order valence-electron chi connectivity index (χ4n) is 5.08. The van der Waals surface area contributed by atoms with Gasteiger partial charge in [-0.25, -0.2) is 9.97 Å². The smallest absolute Gasteiger partial charge is 0.231 e. The summed E-state index contributed by atoms with van der Waals surface area (Å²) in [6.07, 6.45) is 5.12. The number of carbonyl (C=O) groups excluding carboxylic acids is 1. The standard InChI is InChI=1S/C24H30ClN5O/c1-17-3-8-21-22(17)23(27-16-26-21)29-11-13-30(14-12-29)24(31)20(15-28-9-2-10-28)18-4-6-19(25)7-5-18/h4-7,16-17,20H,2-3,8-15H2,1H3. The minimum Gasteiger partial charge on any atom is -0.353 e. The molecule has 3 heterocycles. The molecule has 0 radical (unpaired) electrons. The van der Waals surface area contributed by atoms with E-state index in [0.717, 1.165) is 70.0 Å². The summed E-state index contributed by atoms with van der Waals surface area (Å²) in [6, 6.07) is 7.79. The second-order valence-electron chi connectivity index (χ2n) is 9.07. The normalized spacial score (nSPS) is 22.2. The molecule has 1 aromatic heterocycles. The third-order valence-corrected chi connectivity index (χ3v) is 7.36. The first kappa shape index (κ1) is 20.7. The molecule has 0 spiro atoms. The Hall–Kier alpha value is -2.18. The fraction of sp³-hybridized carbons (Fsp3) is 0.542. The van der Waals surface area contributed by atoms with E-state index in [2.05, 4.69) is 26.7 Å². The maximum absolute atomic E-state index is 13.6. The third-order valence-electron chi connectivity index (χ3n) is 7.10. The van der Waals surface area contributed by atoms with Crippen molar-refractivity contribution in [2.45, 2.75) is 38.0 Å². The molecule has 5 rings (SSSR count). The molecule has 3 aliphatic rings. The summed E-state index contributed by atoms with van der Waals surface area (Å²) in [5.41, 5.74) is 3.58. The van der Waals surface area contributed by atoms with Crippen LogP contribution in [0.3, 0.4) is 0 Å². The number of benzene rings is 1. The Kier molecular flexibility index (Phi) is 5.85. The van der Waals surface area contributed by atoms with Crippen molar-refractivity contribution in [3.63, 3.8) is 0 Å². The van der Waals surface area contributed by atoms with Gasteiger partial charge in [-0.2, -0.15) is 0 Å². The van der Waals surface area contributed by atoms with Gasteiger partial charge < -0.3 is 14.7 Å². The van der Waals surface area contributed by atoms with Crippen molar-refractivity contribution in [1.82, 2.24) is 19.8 Å². The lowest BCUT2D eigenvalue weighted by Crippen LogP contribution is -2.52. The van der Waals surface area contributed by atoms with Crippen LogP contribution in [-0.4, -0.2) is 71.5 Å². The highest BCUT2D eigenvalue weighted by molar-refractivity contribution is 6.30. The zero-order chi connectivity index (χ0) is 21.4. The molecule has 2 fully saturated rings. The van der Waals surface area contributed by atoms with E-state index in [1.54, 1.807) is 6.33 Å². The van der Waals surface area contributed by atoms with Crippen molar-refractivity contribution in [2.24, 2.45) is 0 Å². The van der Waals surface area contributed by atoms with Gasteiger partial charge in [-0.3, -0.25) is 4.79 Å². The second-order valence-corrected chi connectivity index (χ2v) is 9.50. The molecule has 1 aliphatic carbocycles. The molecule has 0 N–H and O–H groups in total. The molecule has 164 valence electrons. The van der Waals surface area contributed by atoms with Crippen LogP contribution in [0, 0.1) is 0 Å². The largest absolute Gasteiger partial charge is 0.353 e. The van der Waals surface area contributed by atoms with Gasteiger partial charge in [-0.1, -0.05) is 30.7 Å². The SMILES string of the molecule is CC1CCc2ncnc(N3CCN(C(=O)C(CN4CCC4)c4ccc(Cl)cc4)CC3)c21. The van der Waals surface area contributed by atoms with Gasteiger partial charge in [0.05, 0.1) is 5.92 Å². The lowest BCUT2D eigenvalue weighted by molar-refractivity contribution is -0.133. The first-order valence-electron chi connectivity index (χ1n) is 11.5. The minimum absolute atomic E-state index is 0.132. The number of hydrogen-bond donors (Lipinski definition) is 0. The van der Waals surface area contributed by atoms with E-state index in [1.807, 2.05) is 29.2 Å². The number of amides is 1. The number of hydrogen-bond acceptors (Lipinski definition) is 5. The summed E-state index contributed by atoms with van der Waals surface area (Å²) >= 11 is 6.09. The number of rotatable bonds is 5. The summed E-state index contributed by atoms with van der Waals surface area (Å²) < 4.78 is 0. The molecule has 2 unspecified atom stereocenters. The Morgan fingerprint density at radius 2 is 1.84 bits per heavy atom. The predicted molar refractivity (Wildman–Crippen MR) is 123 cm³/mol. The Bertz CT molecular complexity index is 937. The van der Waals surface area contributed by atoms with Gasteiger partial charge in [0.15, 0.2) is 0 Å². The molecule has 2 aromatic rings. The molecular weight excluding hydrogens is 410 g/mol. The number of fused-ring (bicyclic) bond motifs is 1. The van der Waals surface area contributed by atoms with Crippen LogP contribution in [0.1, 0.15) is 48.4 Å². The first-order valence-corrected chi connectivity index (χ1v) is 11.8. The maximum Gasteiger partial charge on any atom is 0.231 e. The van der Waals surface area contributed by atoms with Gasteiger partial charge in [0.25, 0.3) is 0 Å². The van der Waals surface area contributed by atoms with E-state index in [1.165, 1.54) is 17.7 Å². The van der Waals surface area contributed by atoms with E-state index in [9.17, 15) is 4.79 Å². The topological polar surface area (TPSA) is 52.6 Å². The van der Waals surface area contributed by atoms with E-state index in [4.69, 9.17) is 11.6 Å². The summed E-state index contributed by atoms with van der Waals surface area (Å²) in [4.78, 5) is 29.5. The van der Waals surface area contributed by atoms with Gasteiger partial charge in [0.2, 0.25) is 5.91 Å². The van der Waals surface area contributed by atoms with Crippen LogP contribution in [0.15, 0.2) is 30.6 Å². The second kappa shape index (κ2) is 8.75. The van der Waals surface area contributed by atoms with Crippen molar-refractivity contribution in [3.05, 3.63) is 52.4 Å². The average molecular weight is 440 g/mol. The van der Waals surface area contributed by atoms with Gasteiger partial charge in [-0.15, -0.1) is 0 Å². The zero-order valence-corrected chi connectivity index (χ0v) is 18.9. The molecule has 2 aliphatic heterocycles. The van der Waals surface area contributed by atoms with Crippen molar-refractivity contribution >= 4 is 23.3 Å². The van der Waals surface area contributed by atoms with Crippen molar-refractivity contribution in [3.8, 4) is 0 Å². The number of nitrogens with zero attached hydrogens (tertiary/aromatic N) is 5. The number of carbonyl (C=O) groups is 1. The van der Waals surface area contributed by atoms with Crippen LogP contribution < -0.4 is 4.90 Å². The predicted octanol–water partition coefficient (Wildman–Crippen LogP) is 3.32. The minimum atomic E-state index is -0.132. The average Bonchev–Trinajstić information content (AvgIpc) is 3.15. The van der Waals surface area contributed by atoms with Gasteiger partial charge in [0.1, 0.15) is 12.1 Å². The number of aryl methyl sites for hydroxylation is 1. The molecule has 0 saturated carbocycles. The molecule has 1 aromatic carbocycles. The van der Waals surface area contributed by atoms with Crippen molar-refractivity contribution in [2.75, 3.05) is 50.7 Å². The Balaban J connectivity index is 1.29. The number of anilines is 1. The molecule has 2 saturated heterocycles. The molecule has 2 atom stereocenters. The highest BCUT2D eigenvalue weighted by Gasteiger charge is 2.33. The van der Waals surface area contributed by atoms with Crippen LogP contribution in [0.2, 0.25) is 5.02 Å². The van der Waals surface area contributed by atoms with E-state index in [0.29, 0.717) is 10.9 Å². The highest BCUT2D eigenvalue weighted by atomic mass is 35.5. The van der Waals surface area contributed by atoms with Crippen molar-refractivity contribution in [1.29, 1.82) is 0 Å². The molecule has 0 bridgehead atoms. The summed E-state index contributed by atoms with van der Waals surface area (Å²) in [7, 11) is 0. The molecule has 31 heavy (non-hydrogen) atoms. The summed E-state index contributed by atoms with van der Waals surface area (Å²) in [5.74, 6) is 1.69. The molecule has 6 nitrogen and oxygen atoms in total. The van der Waals surface area contributed by atoms with E-state index in [-0.39, 0.29) is 11.8 Å². The van der Waals surface area contributed by atoms with Gasteiger partial charge in [-0.05, 0) is 56.0 Å².